The first-order valence-corrected chi connectivity index (χ1v) is 7.52. The molecular formula is C15H29N5. The van der Waals surface area contributed by atoms with Gasteiger partial charge in [0, 0.05) is 37.8 Å². The SMILES string of the molecule is CCc1c(NC)ncnc1NCCN(C(C)C)C(C)C. The Morgan fingerprint density at radius 1 is 1.10 bits per heavy atom. The Balaban J connectivity index is 2.66. The van der Waals surface area contributed by atoms with E-state index >= 15 is 0 Å². The summed E-state index contributed by atoms with van der Waals surface area (Å²) in [5.74, 6) is 1.86. The molecule has 0 bridgehead atoms. The van der Waals surface area contributed by atoms with Crippen LogP contribution in [0, 0.1) is 0 Å². The summed E-state index contributed by atoms with van der Waals surface area (Å²) < 4.78 is 0. The Kier molecular flexibility index (Phi) is 6.71. The van der Waals surface area contributed by atoms with Crippen LogP contribution in [0.3, 0.4) is 0 Å². The van der Waals surface area contributed by atoms with Gasteiger partial charge in [0.25, 0.3) is 0 Å². The van der Waals surface area contributed by atoms with E-state index in [-0.39, 0.29) is 0 Å². The van der Waals surface area contributed by atoms with Crippen LogP contribution in [0.2, 0.25) is 0 Å². The molecule has 0 aliphatic rings. The summed E-state index contributed by atoms with van der Waals surface area (Å²) in [6.45, 7) is 13.0. The standard InChI is InChI=1S/C15H29N5/c1-7-13-14(16-6)18-10-19-15(13)17-8-9-20(11(2)3)12(4)5/h10-12H,7-9H2,1-6H3,(H2,16,17,18,19). The van der Waals surface area contributed by atoms with Crippen LogP contribution in [0.4, 0.5) is 11.6 Å². The predicted octanol–water partition coefficient (Wildman–Crippen LogP) is 2.61. The molecule has 1 aromatic rings. The van der Waals surface area contributed by atoms with Crippen molar-refractivity contribution >= 4 is 11.6 Å². The molecule has 0 amide bonds. The normalized spacial score (nSPS) is 11.4. The third-order valence-corrected chi connectivity index (χ3v) is 3.52. The van der Waals surface area contributed by atoms with Crippen LogP contribution in [-0.2, 0) is 6.42 Å². The van der Waals surface area contributed by atoms with Gasteiger partial charge < -0.3 is 10.6 Å². The molecule has 1 aromatic heterocycles. The smallest absolute Gasteiger partial charge is 0.134 e. The fourth-order valence-electron chi connectivity index (χ4n) is 2.53. The number of hydrogen-bond donors (Lipinski definition) is 2. The Bertz CT molecular complexity index is 395. The molecule has 2 N–H and O–H groups in total. The molecule has 20 heavy (non-hydrogen) atoms. The first kappa shape index (κ1) is 16.7. The van der Waals surface area contributed by atoms with Crippen molar-refractivity contribution in [2.75, 3.05) is 30.8 Å². The molecule has 0 spiro atoms. The lowest BCUT2D eigenvalue weighted by Gasteiger charge is -2.30. The molecule has 0 atom stereocenters. The molecule has 0 radical (unpaired) electrons. The molecule has 5 heteroatoms. The van der Waals surface area contributed by atoms with Gasteiger partial charge in [-0.15, -0.1) is 0 Å². The first-order valence-electron chi connectivity index (χ1n) is 7.52. The number of aromatic nitrogens is 2. The Hall–Kier alpha value is -1.36. The molecule has 0 fully saturated rings. The minimum atomic E-state index is 0.556. The fourth-order valence-corrected chi connectivity index (χ4v) is 2.53. The number of rotatable bonds is 8. The van der Waals surface area contributed by atoms with E-state index in [1.54, 1.807) is 6.33 Å². The van der Waals surface area contributed by atoms with E-state index in [4.69, 9.17) is 0 Å². The summed E-state index contributed by atoms with van der Waals surface area (Å²) >= 11 is 0. The third-order valence-electron chi connectivity index (χ3n) is 3.52. The summed E-state index contributed by atoms with van der Waals surface area (Å²) in [4.78, 5) is 11.1. The number of hydrogen-bond acceptors (Lipinski definition) is 5. The van der Waals surface area contributed by atoms with Crippen LogP contribution in [0.25, 0.3) is 0 Å². The molecule has 0 saturated heterocycles. The second-order valence-electron chi connectivity index (χ2n) is 5.51. The van der Waals surface area contributed by atoms with Crippen molar-refractivity contribution in [2.24, 2.45) is 0 Å². The average molecular weight is 279 g/mol. The van der Waals surface area contributed by atoms with Gasteiger partial charge in [0.05, 0.1) is 0 Å². The zero-order valence-corrected chi connectivity index (χ0v) is 13.7. The second-order valence-corrected chi connectivity index (χ2v) is 5.51. The molecule has 0 unspecified atom stereocenters. The van der Waals surface area contributed by atoms with E-state index in [9.17, 15) is 0 Å². The number of anilines is 2. The van der Waals surface area contributed by atoms with Gasteiger partial charge in [-0.2, -0.15) is 0 Å². The van der Waals surface area contributed by atoms with Gasteiger partial charge in [0.2, 0.25) is 0 Å². The molecule has 0 aliphatic carbocycles. The van der Waals surface area contributed by atoms with Crippen LogP contribution in [0.15, 0.2) is 6.33 Å². The van der Waals surface area contributed by atoms with Crippen molar-refractivity contribution in [2.45, 2.75) is 53.1 Å². The Labute approximate surface area is 123 Å². The number of nitrogens with zero attached hydrogens (tertiary/aromatic N) is 3. The third kappa shape index (κ3) is 4.34. The lowest BCUT2D eigenvalue weighted by Crippen LogP contribution is -2.40. The quantitative estimate of drug-likeness (QED) is 0.766. The maximum absolute atomic E-state index is 4.36. The van der Waals surface area contributed by atoms with Crippen LogP contribution in [0.5, 0.6) is 0 Å². The Morgan fingerprint density at radius 2 is 1.70 bits per heavy atom. The van der Waals surface area contributed by atoms with E-state index < -0.39 is 0 Å². The van der Waals surface area contributed by atoms with Crippen molar-refractivity contribution in [1.82, 2.24) is 14.9 Å². The van der Waals surface area contributed by atoms with Gasteiger partial charge >= 0.3 is 0 Å². The summed E-state index contributed by atoms with van der Waals surface area (Å²) in [5, 5.41) is 6.57. The molecule has 0 aromatic carbocycles. The molecular weight excluding hydrogens is 250 g/mol. The average Bonchev–Trinajstić information content (AvgIpc) is 2.42. The van der Waals surface area contributed by atoms with E-state index in [0.29, 0.717) is 12.1 Å². The summed E-state index contributed by atoms with van der Waals surface area (Å²) in [7, 11) is 1.89. The highest BCUT2D eigenvalue weighted by atomic mass is 15.2. The van der Waals surface area contributed by atoms with Gasteiger partial charge in [-0.25, -0.2) is 9.97 Å². The van der Waals surface area contributed by atoms with E-state index in [2.05, 4.69) is 60.1 Å². The van der Waals surface area contributed by atoms with Crippen LogP contribution in [-0.4, -0.2) is 47.1 Å². The van der Waals surface area contributed by atoms with Crippen LogP contribution in [0.1, 0.15) is 40.2 Å². The molecule has 0 aliphatic heterocycles. The fraction of sp³-hybridized carbons (Fsp3) is 0.733. The molecule has 5 nitrogen and oxygen atoms in total. The maximum Gasteiger partial charge on any atom is 0.134 e. The van der Waals surface area contributed by atoms with Crippen molar-refractivity contribution in [3.8, 4) is 0 Å². The van der Waals surface area contributed by atoms with Crippen molar-refractivity contribution in [3.05, 3.63) is 11.9 Å². The monoisotopic (exact) mass is 279 g/mol. The van der Waals surface area contributed by atoms with Crippen LogP contribution < -0.4 is 10.6 Å². The van der Waals surface area contributed by atoms with Gasteiger partial charge in [0.1, 0.15) is 18.0 Å². The maximum atomic E-state index is 4.36. The van der Waals surface area contributed by atoms with E-state index in [1.165, 1.54) is 0 Å². The zero-order valence-electron chi connectivity index (χ0n) is 13.7. The molecule has 1 rings (SSSR count). The molecule has 1 heterocycles. The Morgan fingerprint density at radius 3 is 2.20 bits per heavy atom. The zero-order chi connectivity index (χ0) is 15.1. The summed E-state index contributed by atoms with van der Waals surface area (Å²) in [6.07, 6.45) is 2.52. The lowest BCUT2D eigenvalue weighted by atomic mass is 10.2. The van der Waals surface area contributed by atoms with Gasteiger partial charge in [-0.05, 0) is 34.1 Å². The minimum absolute atomic E-state index is 0.556. The van der Waals surface area contributed by atoms with E-state index in [0.717, 1.165) is 36.7 Å². The van der Waals surface area contributed by atoms with Crippen molar-refractivity contribution in [1.29, 1.82) is 0 Å². The van der Waals surface area contributed by atoms with Gasteiger partial charge in [-0.3, -0.25) is 4.90 Å². The van der Waals surface area contributed by atoms with Crippen molar-refractivity contribution in [3.63, 3.8) is 0 Å². The largest absolute Gasteiger partial charge is 0.373 e. The minimum Gasteiger partial charge on any atom is -0.373 e. The highest BCUT2D eigenvalue weighted by Gasteiger charge is 2.13. The molecule has 0 saturated carbocycles. The summed E-state index contributed by atoms with van der Waals surface area (Å²) in [6, 6.07) is 1.11. The highest BCUT2D eigenvalue weighted by Crippen LogP contribution is 2.19. The van der Waals surface area contributed by atoms with Crippen molar-refractivity contribution < 1.29 is 0 Å². The topological polar surface area (TPSA) is 53.1 Å². The molecule has 114 valence electrons. The highest BCUT2D eigenvalue weighted by molar-refractivity contribution is 5.57. The van der Waals surface area contributed by atoms with E-state index in [1.807, 2.05) is 7.05 Å². The number of nitrogens with one attached hydrogen (secondary N) is 2. The van der Waals surface area contributed by atoms with Gasteiger partial charge in [0.15, 0.2) is 0 Å². The van der Waals surface area contributed by atoms with Gasteiger partial charge in [-0.1, -0.05) is 6.92 Å². The first-order chi connectivity index (χ1) is 9.51. The second kappa shape index (κ2) is 8.04. The van der Waals surface area contributed by atoms with Crippen LogP contribution >= 0.6 is 0 Å². The summed E-state index contributed by atoms with van der Waals surface area (Å²) in [5.41, 5.74) is 1.15. The predicted molar refractivity (Wildman–Crippen MR) is 86.4 cm³/mol. The lowest BCUT2D eigenvalue weighted by molar-refractivity contribution is 0.182.